The summed E-state index contributed by atoms with van der Waals surface area (Å²) in [7, 11) is -3.63. The average molecular weight is 543 g/mol. The van der Waals surface area contributed by atoms with E-state index in [1.54, 1.807) is 42.5 Å². The summed E-state index contributed by atoms with van der Waals surface area (Å²) in [5.74, 6) is -0.655. The van der Waals surface area contributed by atoms with Gasteiger partial charge in [-0.1, -0.05) is 66.5 Å². The maximum absolute atomic E-state index is 13.0. The van der Waals surface area contributed by atoms with E-state index in [0.717, 1.165) is 12.8 Å². The molecular weight excluding hydrogens is 516 g/mol. The predicted molar refractivity (Wildman–Crippen MR) is 138 cm³/mol. The van der Waals surface area contributed by atoms with Gasteiger partial charge in [0.2, 0.25) is 10.0 Å². The molecule has 0 atom stereocenters. The first-order valence-electron chi connectivity index (χ1n) is 11.1. The predicted octanol–water partition coefficient (Wildman–Crippen LogP) is 5.74. The number of hydrogen-bond acceptors (Lipinski definition) is 4. The van der Waals surface area contributed by atoms with Gasteiger partial charge in [-0.3, -0.25) is 9.59 Å². The van der Waals surface area contributed by atoms with Gasteiger partial charge in [0.15, 0.2) is 5.78 Å². The molecule has 6 nitrogen and oxygen atoms in total. The molecule has 178 valence electrons. The molecule has 0 bridgehead atoms. The molecule has 8 heteroatoms. The number of anilines is 1. The molecule has 0 saturated carbocycles. The van der Waals surface area contributed by atoms with E-state index in [2.05, 4.69) is 21.2 Å². The third-order valence-electron chi connectivity index (χ3n) is 5.38. The second-order valence-corrected chi connectivity index (χ2v) is 10.6. The van der Waals surface area contributed by atoms with Crippen molar-refractivity contribution in [2.45, 2.75) is 31.6 Å². The van der Waals surface area contributed by atoms with Gasteiger partial charge in [0.1, 0.15) is 0 Å². The summed E-state index contributed by atoms with van der Waals surface area (Å²) in [6.07, 6.45) is 1.68. The summed E-state index contributed by atoms with van der Waals surface area (Å²) in [6.45, 7) is 4.66. The summed E-state index contributed by atoms with van der Waals surface area (Å²) in [4.78, 5) is 26.1. The topological polar surface area (TPSA) is 83.6 Å². The maximum Gasteiger partial charge on any atom is 0.255 e. The van der Waals surface area contributed by atoms with Crippen molar-refractivity contribution < 1.29 is 18.0 Å². The van der Waals surface area contributed by atoms with Crippen LogP contribution >= 0.6 is 15.9 Å². The van der Waals surface area contributed by atoms with Crippen molar-refractivity contribution in [3.63, 3.8) is 0 Å². The van der Waals surface area contributed by atoms with Crippen LogP contribution in [-0.2, 0) is 10.0 Å². The molecule has 0 aromatic heterocycles. The largest absolute Gasteiger partial charge is 0.321 e. The molecule has 34 heavy (non-hydrogen) atoms. The lowest BCUT2D eigenvalue weighted by molar-refractivity contribution is 0.102. The Kier molecular flexibility index (Phi) is 8.77. The van der Waals surface area contributed by atoms with E-state index < -0.39 is 15.9 Å². The maximum atomic E-state index is 13.0. The second kappa shape index (κ2) is 11.6. The summed E-state index contributed by atoms with van der Waals surface area (Å²) < 4.78 is 28.0. The number of unbranched alkanes of at least 4 members (excludes halogenated alkanes) is 1. The molecule has 0 radical (unpaired) electrons. The van der Waals surface area contributed by atoms with Crippen LogP contribution in [0.4, 0.5) is 5.69 Å². The second-order valence-electron chi connectivity index (χ2n) is 7.71. The Hall–Kier alpha value is -2.81. The number of sulfonamides is 1. The number of benzene rings is 3. The first kappa shape index (κ1) is 25.8. The van der Waals surface area contributed by atoms with E-state index in [9.17, 15) is 18.0 Å². The Labute approximate surface area is 209 Å². The van der Waals surface area contributed by atoms with Gasteiger partial charge in [-0.15, -0.1) is 0 Å². The van der Waals surface area contributed by atoms with Crippen molar-refractivity contribution in [2.24, 2.45) is 0 Å². The van der Waals surface area contributed by atoms with Gasteiger partial charge in [-0.25, -0.2) is 8.42 Å². The SMILES string of the molecule is CCCCN(CC)S(=O)(=O)c1ccc(C(=O)Nc2ccc(Br)cc2C(=O)c2ccccc2)cc1. The third kappa shape index (κ3) is 6.00. The quantitative estimate of drug-likeness (QED) is 0.331. The Morgan fingerprint density at radius 3 is 2.21 bits per heavy atom. The van der Waals surface area contributed by atoms with Gasteiger partial charge in [0.05, 0.1) is 10.6 Å². The van der Waals surface area contributed by atoms with Gasteiger partial charge in [-0.05, 0) is 48.9 Å². The minimum absolute atomic E-state index is 0.144. The first-order chi connectivity index (χ1) is 16.3. The smallest absolute Gasteiger partial charge is 0.255 e. The lowest BCUT2D eigenvalue weighted by Gasteiger charge is -2.20. The van der Waals surface area contributed by atoms with Crippen molar-refractivity contribution in [1.82, 2.24) is 4.31 Å². The van der Waals surface area contributed by atoms with Crippen LogP contribution in [0.5, 0.6) is 0 Å². The molecule has 0 aliphatic rings. The van der Waals surface area contributed by atoms with Crippen LogP contribution < -0.4 is 5.32 Å². The number of carbonyl (C=O) groups excluding carboxylic acids is 2. The number of nitrogens with one attached hydrogen (secondary N) is 1. The molecule has 1 N–H and O–H groups in total. The van der Waals surface area contributed by atoms with Crippen molar-refractivity contribution >= 4 is 43.3 Å². The molecule has 0 aliphatic carbocycles. The summed E-state index contributed by atoms with van der Waals surface area (Å²) >= 11 is 3.38. The third-order valence-corrected chi connectivity index (χ3v) is 7.86. The molecule has 3 aromatic carbocycles. The number of hydrogen-bond donors (Lipinski definition) is 1. The number of ketones is 1. The van der Waals surface area contributed by atoms with Crippen LogP contribution in [0.1, 0.15) is 53.0 Å². The highest BCUT2D eigenvalue weighted by Gasteiger charge is 2.23. The van der Waals surface area contributed by atoms with Gasteiger partial charge in [-0.2, -0.15) is 4.31 Å². The van der Waals surface area contributed by atoms with Crippen LogP contribution in [0, 0.1) is 0 Å². The van der Waals surface area contributed by atoms with Crippen molar-refractivity contribution in [2.75, 3.05) is 18.4 Å². The van der Waals surface area contributed by atoms with Gasteiger partial charge in [0.25, 0.3) is 5.91 Å². The fraction of sp³-hybridized carbons (Fsp3) is 0.231. The zero-order chi connectivity index (χ0) is 24.7. The molecular formula is C26H27BrN2O4S. The van der Waals surface area contributed by atoms with E-state index >= 15 is 0 Å². The Bertz CT molecular complexity index is 1260. The molecule has 0 heterocycles. The number of nitrogens with zero attached hydrogens (tertiary/aromatic N) is 1. The Morgan fingerprint density at radius 2 is 1.59 bits per heavy atom. The molecule has 3 aromatic rings. The molecule has 0 spiro atoms. The minimum atomic E-state index is -3.63. The van der Waals surface area contributed by atoms with Gasteiger partial charge in [0, 0.05) is 34.3 Å². The van der Waals surface area contributed by atoms with Crippen LogP contribution in [0.2, 0.25) is 0 Å². The first-order valence-corrected chi connectivity index (χ1v) is 13.3. The fourth-order valence-electron chi connectivity index (χ4n) is 3.46. The minimum Gasteiger partial charge on any atom is -0.321 e. The lowest BCUT2D eigenvalue weighted by Crippen LogP contribution is -2.31. The van der Waals surface area contributed by atoms with Crippen LogP contribution in [0.3, 0.4) is 0 Å². The monoisotopic (exact) mass is 542 g/mol. The van der Waals surface area contributed by atoms with E-state index in [1.165, 1.54) is 28.6 Å². The summed E-state index contributed by atoms with van der Waals surface area (Å²) in [5.41, 5.74) is 1.52. The molecule has 0 saturated heterocycles. The van der Waals surface area contributed by atoms with E-state index in [-0.39, 0.29) is 16.2 Å². The number of rotatable bonds is 10. The summed E-state index contributed by atoms with van der Waals surface area (Å²) in [5, 5.41) is 2.78. The van der Waals surface area contributed by atoms with Crippen LogP contribution in [0.25, 0.3) is 0 Å². The van der Waals surface area contributed by atoms with Gasteiger partial charge < -0.3 is 5.32 Å². The van der Waals surface area contributed by atoms with Crippen molar-refractivity contribution in [3.8, 4) is 0 Å². The van der Waals surface area contributed by atoms with Crippen LogP contribution in [0.15, 0.2) is 82.2 Å². The van der Waals surface area contributed by atoms with Crippen molar-refractivity contribution in [1.29, 1.82) is 0 Å². The molecule has 0 aliphatic heterocycles. The van der Waals surface area contributed by atoms with Crippen molar-refractivity contribution in [3.05, 3.63) is 94.0 Å². The van der Waals surface area contributed by atoms with E-state index in [4.69, 9.17) is 0 Å². The zero-order valence-corrected chi connectivity index (χ0v) is 21.5. The molecule has 1 amide bonds. The number of amides is 1. The Balaban J connectivity index is 1.82. The highest BCUT2D eigenvalue weighted by atomic mass is 79.9. The van der Waals surface area contributed by atoms with Gasteiger partial charge >= 0.3 is 0 Å². The van der Waals surface area contributed by atoms with E-state index in [0.29, 0.717) is 34.4 Å². The highest BCUT2D eigenvalue weighted by molar-refractivity contribution is 9.10. The molecule has 0 unspecified atom stereocenters. The normalized spacial score (nSPS) is 11.4. The van der Waals surface area contributed by atoms with Crippen LogP contribution in [-0.4, -0.2) is 37.5 Å². The Morgan fingerprint density at radius 1 is 0.912 bits per heavy atom. The van der Waals surface area contributed by atoms with E-state index in [1.807, 2.05) is 19.9 Å². The average Bonchev–Trinajstić information content (AvgIpc) is 2.85. The number of carbonyl (C=O) groups is 2. The fourth-order valence-corrected chi connectivity index (χ4v) is 5.31. The molecule has 0 fully saturated rings. The molecule has 3 rings (SSSR count). The lowest BCUT2D eigenvalue weighted by atomic mass is 10.0. The standard InChI is InChI=1S/C26H27BrN2O4S/c1-3-5-17-29(4-2)34(32,33)22-14-11-20(12-15-22)26(31)28-24-16-13-21(27)18-23(24)25(30)19-9-7-6-8-10-19/h6-16,18H,3-5,17H2,1-2H3,(H,28,31). The zero-order valence-electron chi connectivity index (χ0n) is 19.1. The number of halogens is 1. The highest BCUT2D eigenvalue weighted by Crippen LogP contribution is 2.25. The summed E-state index contributed by atoms with van der Waals surface area (Å²) in [6, 6.07) is 19.7.